The molecule has 0 aromatic heterocycles. The van der Waals surface area contributed by atoms with Crippen molar-refractivity contribution in [2.24, 2.45) is 0 Å². The monoisotopic (exact) mass is 370 g/mol. The third-order valence-corrected chi connectivity index (χ3v) is 5.26. The fraction of sp³-hybridized carbons (Fsp3) is 0.188. The van der Waals surface area contributed by atoms with Crippen molar-refractivity contribution < 1.29 is 17.6 Å². The lowest BCUT2D eigenvalue weighted by molar-refractivity contribution is -0.119. The van der Waals surface area contributed by atoms with Gasteiger partial charge in [0.25, 0.3) is 10.0 Å². The first-order valence-electron chi connectivity index (χ1n) is 7.15. The summed E-state index contributed by atoms with van der Waals surface area (Å²) in [6.07, 6.45) is 0. The summed E-state index contributed by atoms with van der Waals surface area (Å²) in [5.41, 5.74) is 0.108. The molecule has 0 aliphatic rings. The van der Waals surface area contributed by atoms with Crippen molar-refractivity contribution >= 4 is 33.2 Å². The van der Waals surface area contributed by atoms with Crippen LogP contribution in [0.25, 0.3) is 0 Å². The normalized spacial score (nSPS) is 11.1. The number of rotatable bonds is 6. The Morgan fingerprint density at radius 3 is 2.46 bits per heavy atom. The van der Waals surface area contributed by atoms with Crippen LogP contribution in [-0.2, 0) is 14.8 Å². The molecule has 0 fully saturated rings. The number of carbonyl (C=O) groups excluding carboxylic acids is 1. The Morgan fingerprint density at radius 2 is 1.88 bits per heavy atom. The number of halogens is 2. The van der Waals surface area contributed by atoms with E-state index in [9.17, 15) is 17.6 Å². The van der Waals surface area contributed by atoms with Crippen LogP contribution in [0.2, 0.25) is 5.02 Å². The van der Waals surface area contributed by atoms with Crippen LogP contribution < -0.4 is 9.62 Å². The van der Waals surface area contributed by atoms with Gasteiger partial charge in [0.05, 0.1) is 15.6 Å². The van der Waals surface area contributed by atoms with E-state index < -0.39 is 28.3 Å². The van der Waals surface area contributed by atoms with Crippen LogP contribution in [0.1, 0.15) is 6.92 Å². The largest absolute Gasteiger partial charge is 0.355 e. The zero-order chi connectivity index (χ0) is 17.7. The molecule has 0 saturated carbocycles. The predicted octanol–water partition coefficient (Wildman–Crippen LogP) is 2.81. The van der Waals surface area contributed by atoms with E-state index >= 15 is 0 Å². The predicted molar refractivity (Wildman–Crippen MR) is 91.1 cm³/mol. The molecule has 0 aliphatic heterocycles. The third-order valence-electron chi connectivity index (χ3n) is 3.18. The summed E-state index contributed by atoms with van der Waals surface area (Å²) < 4.78 is 40.0. The van der Waals surface area contributed by atoms with Crippen LogP contribution >= 0.6 is 11.6 Å². The SMILES string of the molecule is CCNC(=O)CN(c1ccc(F)c(Cl)c1)S(=O)(=O)c1ccccc1. The van der Waals surface area contributed by atoms with Crippen molar-refractivity contribution in [1.82, 2.24) is 5.32 Å². The molecule has 1 N–H and O–H groups in total. The summed E-state index contributed by atoms with van der Waals surface area (Å²) in [5, 5.41) is 2.32. The van der Waals surface area contributed by atoms with Gasteiger partial charge < -0.3 is 5.32 Å². The highest BCUT2D eigenvalue weighted by Crippen LogP contribution is 2.27. The summed E-state index contributed by atoms with van der Waals surface area (Å²) in [6, 6.07) is 11.2. The molecule has 2 rings (SSSR count). The Labute approximate surface area is 145 Å². The molecule has 24 heavy (non-hydrogen) atoms. The highest BCUT2D eigenvalue weighted by atomic mass is 35.5. The maximum atomic E-state index is 13.4. The van der Waals surface area contributed by atoms with E-state index in [1.54, 1.807) is 25.1 Å². The Bertz CT molecular complexity index is 828. The molecule has 0 aliphatic carbocycles. The van der Waals surface area contributed by atoms with E-state index in [0.717, 1.165) is 10.4 Å². The summed E-state index contributed by atoms with van der Waals surface area (Å²) in [4.78, 5) is 12.0. The minimum Gasteiger partial charge on any atom is -0.355 e. The van der Waals surface area contributed by atoms with Crippen LogP contribution in [0.3, 0.4) is 0 Å². The molecule has 128 valence electrons. The first-order valence-corrected chi connectivity index (χ1v) is 8.97. The summed E-state index contributed by atoms with van der Waals surface area (Å²) in [6.45, 7) is 1.65. The molecule has 0 heterocycles. The van der Waals surface area contributed by atoms with Gasteiger partial charge in [-0.15, -0.1) is 0 Å². The first-order chi connectivity index (χ1) is 11.4. The van der Waals surface area contributed by atoms with Gasteiger partial charge in [-0.1, -0.05) is 29.8 Å². The van der Waals surface area contributed by atoms with Crippen LogP contribution in [0, 0.1) is 5.82 Å². The van der Waals surface area contributed by atoms with Crippen molar-refractivity contribution in [3.8, 4) is 0 Å². The van der Waals surface area contributed by atoms with Crippen LogP contribution in [0.15, 0.2) is 53.4 Å². The van der Waals surface area contributed by atoms with E-state index in [0.29, 0.717) is 6.54 Å². The molecule has 0 spiro atoms. The number of carbonyl (C=O) groups is 1. The van der Waals surface area contributed by atoms with Gasteiger partial charge >= 0.3 is 0 Å². The topological polar surface area (TPSA) is 66.5 Å². The number of nitrogens with zero attached hydrogens (tertiary/aromatic N) is 1. The highest BCUT2D eigenvalue weighted by molar-refractivity contribution is 7.92. The second kappa shape index (κ2) is 7.63. The van der Waals surface area contributed by atoms with Crippen LogP contribution in [-0.4, -0.2) is 27.4 Å². The molecule has 0 bridgehead atoms. The van der Waals surface area contributed by atoms with Gasteiger partial charge in [-0.25, -0.2) is 12.8 Å². The molecule has 1 amide bonds. The molecule has 0 saturated heterocycles. The minimum absolute atomic E-state index is 0.0229. The maximum Gasteiger partial charge on any atom is 0.264 e. The zero-order valence-electron chi connectivity index (χ0n) is 12.9. The molecule has 2 aromatic rings. The van der Waals surface area contributed by atoms with E-state index in [-0.39, 0.29) is 15.6 Å². The van der Waals surface area contributed by atoms with Crippen LogP contribution in [0.4, 0.5) is 10.1 Å². The van der Waals surface area contributed by atoms with Gasteiger partial charge in [0.2, 0.25) is 5.91 Å². The van der Waals surface area contributed by atoms with Gasteiger partial charge in [-0.05, 0) is 37.3 Å². The Kier molecular flexibility index (Phi) is 5.80. The molecule has 0 unspecified atom stereocenters. The van der Waals surface area contributed by atoms with E-state index in [1.807, 2.05) is 0 Å². The summed E-state index contributed by atoms with van der Waals surface area (Å²) in [5.74, 6) is -1.15. The van der Waals surface area contributed by atoms with Crippen molar-refractivity contribution in [3.05, 3.63) is 59.4 Å². The molecule has 0 atom stereocenters. The average molecular weight is 371 g/mol. The van der Waals surface area contributed by atoms with Gasteiger partial charge in [0, 0.05) is 6.54 Å². The summed E-state index contributed by atoms with van der Waals surface area (Å²) in [7, 11) is -4.01. The second-order valence-corrected chi connectivity index (χ2v) is 7.15. The molecular weight excluding hydrogens is 355 g/mol. The minimum atomic E-state index is -4.01. The van der Waals surface area contributed by atoms with Crippen LogP contribution in [0.5, 0.6) is 0 Å². The maximum absolute atomic E-state index is 13.4. The Morgan fingerprint density at radius 1 is 1.21 bits per heavy atom. The number of hydrogen-bond acceptors (Lipinski definition) is 3. The van der Waals surface area contributed by atoms with Gasteiger partial charge in [0.15, 0.2) is 0 Å². The lowest BCUT2D eigenvalue weighted by atomic mass is 10.3. The van der Waals surface area contributed by atoms with Crippen molar-refractivity contribution in [2.45, 2.75) is 11.8 Å². The van der Waals surface area contributed by atoms with Gasteiger partial charge in [-0.3, -0.25) is 9.10 Å². The highest BCUT2D eigenvalue weighted by Gasteiger charge is 2.27. The fourth-order valence-corrected chi connectivity index (χ4v) is 3.67. The lowest BCUT2D eigenvalue weighted by Crippen LogP contribution is -2.40. The first kappa shape index (κ1) is 18.2. The van der Waals surface area contributed by atoms with E-state index in [2.05, 4.69) is 5.32 Å². The molecule has 5 nitrogen and oxygen atoms in total. The van der Waals surface area contributed by atoms with Crippen molar-refractivity contribution in [3.63, 3.8) is 0 Å². The molecule has 0 radical (unpaired) electrons. The standard InChI is InChI=1S/C16H16ClFN2O3S/c1-2-19-16(21)11-20(12-8-9-15(18)14(17)10-12)24(22,23)13-6-4-3-5-7-13/h3-10H,2,11H2,1H3,(H,19,21). The molecule has 8 heteroatoms. The lowest BCUT2D eigenvalue weighted by Gasteiger charge is -2.24. The quantitative estimate of drug-likeness (QED) is 0.850. The fourth-order valence-electron chi connectivity index (χ4n) is 2.06. The summed E-state index contributed by atoms with van der Waals surface area (Å²) >= 11 is 5.75. The Balaban J connectivity index is 2.50. The molecular formula is C16H16ClFN2O3S. The number of benzene rings is 2. The number of sulfonamides is 1. The average Bonchev–Trinajstić information content (AvgIpc) is 2.56. The van der Waals surface area contributed by atoms with E-state index in [1.165, 1.54) is 24.3 Å². The van der Waals surface area contributed by atoms with Crippen molar-refractivity contribution in [2.75, 3.05) is 17.4 Å². The number of amides is 1. The second-order valence-electron chi connectivity index (χ2n) is 4.88. The van der Waals surface area contributed by atoms with Crippen molar-refractivity contribution in [1.29, 1.82) is 0 Å². The van der Waals surface area contributed by atoms with Gasteiger partial charge in [-0.2, -0.15) is 0 Å². The number of anilines is 1. The van der Waals surface area contributed by atoms with E-state index in [4.69, 9.17) is 11.6 Å². The third kappa shape index (κ3) is 4.04. The van der Waals surface area contributed by atoms with Gasteiger partial charge in [0.1, 0.15) is 12.4 Å². The molecule has 2 aromatic carbocycles. The number of hydrogen-bond donors (Lipinski definition) is 1. The smallest absolute Gasteiger partial charge is 0.264 e. The Hall–Kier alpha value is -2.12. The number of nitrogens with one attached hydrogen (secondary N) is 1. The number of likely N-dealkylation sites (N-methyl/N-ethyl adjacent to an activating group) is 1. The zero-order valence-corrected chi connectivity index (χ0v) is 14.4.